The molecule has 3 aliphatic carbocycles. The van der Waals surface area contributed by atoms with E-state index in [1.807, 2.05) is 0 Å². The maximum Gasteiger partial charge on any atom is 0.255 e. The van der Waals surface area contributed by atoms with E-state index < -0.39 is 58.0 Å². The summed E-state index contributed by atoms with van der Waals surface area (Å²) in [6.45, 7) is 0. The van der Waals surface area contributed by atoms with Gasteiger partial charge in [-0.05, 0) is 62.8 Å². The topological polar surface area (TPSA) is 199 Å². The number of phenolic OH excluding ortho intramolecular Hbond substituents is 1. The number of nitrogens with two attached hydrogens (primary N) is 2. The zero-order valence-electron chi connectivity index (χ0n) is 18.3. The Hall–Kier alpha value is -3.48. The summed E-state index contributed by atoms with van der Waals surface area (Å²) in [5, 5.41) is 46.6. The average Bonchev–Trinajstić information content (AvgIpc) is 2.72. The fourth-order valence-electron chi connectivity index (χ4n) is 5.49. The number of fused-ring (bicyclic) bond motifs is 3. The van der Waals surface area contributed by atoms with Crippen LogP contribution >= 0.6 is 12.2 Å². The lowest BCUT2D eigenvalue weighted by Crippen LogP contribution is -2.65. The number of thiocarbonyl (C=S) groups is 1. The molecule has 9 N–H and O–H groups in total. The number of rotatable bonds is 3. The highest BCUT2D eigenvalue weighted by molar-refractivity contribution is 7.80. The Bertz CT molecular complexity index is 1240. The standard InChI is InChI=1S/C22H24N4O7S/c1-26(2)15-9-6-7-5-8-10(25-21(24)34)3-4-11(27)13(8)16(28)12(7)18(30)22(9,33)19(31)14(17(15)29)20(23)32/h3-4,7,9,15,27-28,31,33H,5-6H2,1-2H3,(H2,23,32)(H3,24,25,34). The highest BCUT2D eigenvalue weighted by atomic mass is 32.1. The van der Waals surface area contributed by atoms with Gasteiger partial charge >= 0.3 is 0 Å². The van der Waals surface area contributed by atoms with E-state index >= 15 is 0 Å². The van der Waals surface area contributed by atoms with E-state index in [1.165, 1.54) is 31.1 Å². The van der Waals surface area contributed by atoms with Gasteiger partial charge < -0.3 is 37.2 Å². The number of ketones is 2. The molecule has 4 unspecified atom stereocenters. The second-order valence-electron chi connectivity index (χ2n) is 8.94. The number of amides is 1. The fraction of sp³-hybridized carbons (Fsp3) is 0.364. The summed E-state index contributed by atoms with van der Waals surface area (Å²) in [7, 11) is 3.07. The Morgan fingerprint density at radius 2 is 1.85 bits per heavy atom. The van der Waals surface area contributed by atoms with Crippen LogP contribution in [0.1, 0.15) is 17.5 Å². The Balaban J connectivity index is 1.97. The minimum absolute atomic E-state index is 0.00602. The van der Waals surface area contributed by atoms with Gasteiger partial charge in [0.15, 0.2) is 16.5 Å². The van der Waals surface area contributed by atoms with Gasteiger partial charge in [-0.15, -0.1) is 0 Å². The number of aliphatic hydroxyl groups is 3. The summed E-state index contributed by atoms with van der Waals surface area (Å²) >= 11 is 4.90. The Morgan fingerprint density at radius 1 is 1.21 bits per heavy atom. The van der Waals surface area contributed by atoms with Crippen LogP contribution in [0.3, 0.4) is 0 Å². The molecule has 0 aliphatic heterocycles. The molecule has 1 aromatic carbocycles. The molecule has 12 heteroatoms. The first-order valence-electron chi connectivity index (χ1n) is 10.4. The third-order valence-corrected chi connectivity index (χ3v) is 6.96. The number of phenols is 1. The van der Waals surface area contributed by atoms with Crippen molar-refractivity contribution in [3.8, 4) is 5.75 Å². The van der Waals surface area contributed by atoms with Crippen LogP contribution in [0.4, 0.5) is 5.69 Å². The van der Waals surface area contributed by atoms with Gasteiger partial charge in [0.25, 0.3) is 5.91 Å². The van der Waals surface area contributed by atoms with Gasteiger partial charge in [0, 0.05) is 17.2 Å². The number of likely N-dealkylation sites (N-methyl/N-ethyl adjacent to an activating group) is 1. The van der Waals surface area contributed by atoms with Gasteiger partial charge in [-0.25, -0.2) is 0 Å². The van der Waals surface area contributed by atoms with Crippen LogP contribution in [0.15, 0.2) is 29.0 Å². The van der Waals surface area contributed by atoms with E-state index in [-0.39, 0.29) is 34.8 Å². The van der Waals surface area contributed by atoms with Gasteiger partial charge in [-0.3, -0.25) is 19.3 Å². The summed E-state index contributed by atoms with van der Waals surface area (Å²) in [6, 6.07) is 1.66. The van der Waals surface area contributed by atoms with E-state index in [1.54, 1.807) is 0 Å². The van der Waals surface area contributed by atoms with Crippen molar-refractivity contribution in [1.29, 1.82) is 0 Å². The van der Waals surface area contributed by atoms with Crippen molar-refractivity contribution < 1.29 is 34.8 Å². The van der Waals surface area contributed by atoms with E-state index in [0.29, 0.717) is 11.3 Å². The van der Waals surface area contributed by atoms with Crippen LogP contribution in [0.25, 0.3) is 5.76 Å². The zero-order chi connectivity index (χ0) is 25.3. The number of hydrogen-bond acceptors (Lipinski definition) is 9. The second kappa shape index (κ2) is 7.79. The third-order valence-electron chi connectivity index (χ3n) is 6.86. The first kappa shape index (κ1) is 23.7. The minimum atomic E-state index is -2.67. The smallest absolute Gasteiger partial charge is 0.255 e. The number of hydrogen-bond donors (Lipinski definition) is 7. The lowest BCUT2D eigenvalue weighted by atomic mass is 9.57. The molecule has 0 saturated heterocycles. The average molecular weight is 489 g/mol. The second-order valence-corrected chi connectivity index (χ2v) is 9.38. The van der Waals surface area contributed by atoms with Crippen molar-refractivity contribution >= 4 is 46.3 Å². The van der Waals surface area contributed by atoms with Crippen LogP contribution < -0.4 is 16.8 Å². The lowest BCUT2D eigenvalue weighted by molar-refractivity contribution is -0.153. The van der Waals surface area contributed by atoms with E-state index in [0.717, 1.165) is 0 Å². The molecule has 0 aromatic heterocycles. The Labute approximate surface area is 199 Å². The van der Waals surface area contributed by atoms with Crippen molar-refractivity contribution in [1.82, 2.24) is 4.90 Å². The predicted octanol–water partition coefficient (Wildman–Crippen LogP) is -0.380. The third kappa shape index (κ3) is 3.10. The number of aliphatic hydroxyl groups excluding tert-OH is 2. The van der Waals surface area contributed by atoms with Crippen LogP contribution in [0.5, 0.6) is 5.75 Å². The van der Waals surface area contributed by atoms with Gasteiger partial charge in [0.1, 0.15) is 22.8 Å². The van der Waals surface area contributed by atoms with Crippen LogP contribution in [0, 0.1) is 11.8 Å². The highest BCUT2D eigenvalue weighted by Gasteiger charge is 2.64. The normalized spacial score (nSPS) is 28.4. The molecule has 34 heavy (non-hydrogen) atoms. The monoisotopic (exact) mass is 488 g/mol. The molecular formula is C22H24N4O7S. The fourth-order valence-corrected chi connectivity index (χ4v) is 5.60. The molecule has 180 valence electrons. The quantitative estimate of drug-likeness (QED) is 0.166. The van der Waals surface area contributed by atoms with Crippen molar-refractivity contribution in [3.05, 3.63) is 40.2 Å². The van der Waals surface area contributed by atoms with E-state index in [4.69, 9.17) is 23.7 Å². The highest BCUT2D eigenvalue weighted by Crippen LogP contribution is 2.53. The maximum absolute atomic E-state index is 13.7. The maximum atomic E-state index is 13.7. The molecule has 3 aliphatic rings. The molecule has 1 amide bonds. The van der Waals surface area contributed by atoms with Crippen LogP contribution in [0.2, 0.25) is 0 Å². The molecule has 4 rings (SSSR count). The molecule has 4 atom stereocenters. The Kier molecular flexibility index (Phi) is 5.42. The zero-order valence-corrected chi connectivity index (χ0v) is 19.1. The molecule has 0 heterocycles. The molecule has 11 nitrogen and oxygen atoms in total. The van der Waals surface area contributed by atoms with Gasteiger partial charge in [0.05, 0.1) is 11.6 Å². The van der Waals surface area contributed by atoms with Crippen LogP contribution in [-0.4, -0.2) is 73.7 Å². The largest absolute Gasteiger partial charge is 0.508 e. The number of primary amides is 1. The van der Waals surface area contributed by atoms with E-state index in [2.05, 4.69) is 5.32 Å². The van der Waals surface area contributed by atoms with Gasteiger partial charge in [-0.1, -0.05) is 0 Å². The van der Waals surface area contributed by atoms with Crippen molar-refractivity contribution in [2.75, 3.05) is 19.4 Å². The van der Waals surface area contributed by atoms with Crippen LogP contribution in [-0.2, 0) is 20.8 Å². The van der Waals surface area contributed by atoms with Crippen molar-refractivity contribution in [2.24, 2.45) is 23.3 Å². The summed E-state index contributed by atoms with van der Waals surface area (Å²) in [6.07, 6.45) is 0.127. The molecule has 1 saturated carbocycles. The number of nitrogens with zero attached hydrogens (tertiary/aromatic N) is 1. The summed E-state index contributed by atoms with van der Waals surface area (Å²) in [5.74, 6) is -7.02. The number of carbonyl (C=O) groups is 3. The van der Waals surface area contributed by atoms with Crippen molar-refractivity contribution in [3.63, 3.8) is 0 Å². The summed E-state index contributed by atoms with van der Waals surface area (Å²) < 4.78 is 0. The molecule has 1 fully saturated rings. The summed E-state index contributed by atoms with van der Waals surface area (Å²) in [4.78, 5) is 40.1. The molecule has 0 spiro atoms. The Morgan fingerprint density at radius 3 is 2.41 bits per heavy atom. The molecule has 0 radical (unpaired) electrons. The van der Waals surface area contributed by atoms with Gasteiger partial charge in [-0.2, -0.15) is 0 Å². The van der Waals surface area contributed by atoms with Gasteiger partial charge in [0.2, 0.25) is 5.78 Å². The predicted molar refractivity (Wildman–Crippen MR) is 125 cm³/mol. The number of carbonyl (C=O) groups excluding carboxylic acids is 3. The number of benzene rings is 1. The summed E-state index contributed by atoms with van der Waals surface area (Å²) in [5.41, 5.74) is 7.95. The minimum Gasteiger partial charge on any atom is -0.508 e. The number of nitrogens with one attached hydrogen (secondary N) is 1. The molecular weight excluding hydrogens is 464 g/mol. The first-order chi connectivity index (χ1) is 15.8. The lowest BCUT2D eigenvalue weighted by Gasteiger charge is -2.50. The first-order valence-corrected chi connectivity index (χ1v) is 10.8. The van der Waals surface area contributed by atoms with E-state index in [9.17, 15) is 34.8 Å². The molecule has 1 aromatic rings. The SMILES string of the molecule is CN(C)C1C(=O)C(C(N)=O)=C(O)C2(O)C(=O)C3=C(O)c4c(O)ccc(NC(N)=S)c4CC3CC12. The molecule has 0 bridgehead atoms. The number of Topliss-reactive ketones (excluding diaryl/α,β-unsaturated/α-hetero) is 2. The van der Waals surface area contributed by atoms with Crippen molar-refractivity contribution in [2.45, 2.75) is 24.5 Å². The number of aromatic hydroxyl groups is 1. The number of anilines is 1.